The summed E-state index contributed by atoms with van der Waals surface area (Å²) in [5.41, 5.74) is 1.34. The van der Waals surface area contributed by atoms with E-state index in [1.165, 1.54) is 12.1 Å². The van der Waals surface area contributed by atoms with Gasteiger partial charge in [0.05, 0.1) is 11.3 Å². The predicted molar refractivity (Wildman–Crippen MR) is 94.9 cm³/mol. The fourth-order valence-electron chi connectivity index (χ4n) is 3.23. The largest absolute Gasteiger partial charge is 0.733 e. The summed E-state index contributed by atoms with van der Waals surface area (Å²) >= 11 is 0. The standard InChI is InChI=1S/C19H14N3O4/c23-18-15-6-3-4-12-10-14(22(25)26)11-16(17(12)15)19(24)21(18)9-7-13-5-1-2-8-20-13/h1-6,8,10-11,25H,7,9H2/q-1. The molecule has 26 heavy (non-hydrogen) atoms. The number of aromatic nitrogens is 1. The Hall–Kier alpha value is -3.29. The van der Waals surface area contributed by atoms with Gasteiger partial charge in [-0.2, -0.15) is 0 Å². The van der Waals surface area contributed by atoms with Crippen LogP contribution in [-0.2, 0) is 6.42 Å². The van der Waals surface area contributed by atoms with Gasteiger partial charge in [0.25, 0.3) is 11.8 Å². The van der Waals surface area contributed by atoms with Crippen LogP contribution in [0.2, 0.25) is 0 Å². The van der Waals surface area contributed by atoms with Crippen LogP contribution in [0.15, 0.2) is 54.7 Å². The van der Waals surface area contributed by atoms with Crippen LogP contribution in [0.1, 0.15) is 26.4 Å². The third-order valence-electron chi connectivity index (χ3n) is 4.45. The topological polar surface area (TPSA) is 96.8 Å². The van der Waals surface area contributed by atoms with Crippen LogP contribution in [-0.4, -0.2) is 33.5 Å². The molecular formula is C19H14N3O4-. The average Bonchev–Trinajstić information content (AvgIpc) is 2.66. The van der Waals surface area contributed by atoms with E-state index in [0.29, 0.717) is 22.8 Å². The number of nitrogens with zero attached hydrogens (tertiary/aromatic N) is 3. The summed E-state index contributed by atoms with van der Waals surface area (Å²) < 4.78 is 0. The molecule has 3 aromatic rings. The smallest absolute Gasteiger partial charge is 0.261 e. The molecule has 0 bridgehead atoms. The number of benzene rings is 2. The van der Waals surface area contributed by atoms with E-state index in [-0.39, 0.29) is 28.9 Å². The fraction of sp³-hybridized carbons (Fsp3) is 0.105. The number of carbonyl (C=O) groups is 2. The first-order valence-electron chi connectivity index (χ1n) is 8.05. The number of hydrogen-bond acceptors (Lipinski definition) is 6. The number of hydrogen-bond donors (Lipinski definition) is 1. The lowest BCUT2D eigenvalue weighted by atomic mass is 9.93. The number of anilines is 1. The van der Waals surface area contributed by atoms with E-state index in [0.717, 1.165) is 10.6 Å². The Labute approximate surface area is 148 Å². The molecule has 4 rings (SSSR count). The second-order valence-corrected chi connectivity index (χ2v) is 6.00. The molecule has 7 nitrogen and oxygen atoms in total. The van der Waals surface area contributed by atoms with Crippen molar-refractivity contribution < 1.29 is 14.8 Å². The van der Waals surface area contributed by atoms with Crippen LogP contribution in [0.3, 0.4) is 0 Å². The minimum absolute atomic E-state index is 0.0583. The molecule has 0 aliphatic carbocycles. The van der Waals surface area contributed by atoms with Crippen molar-refractivity contribution in [3.63, 3.8) is 0 Å². The Kier molecular flexibility index (Phi) is 3.87. The van der Waals surface area contributed by atoms with Crippen molar-refractivity contribution in [2.24, 2.45) is 0 Å². The highest BCUT2D eigenvalue weighted by Crippen LogP contribution is 2.33. The molecular weight excluding hydrogens is 334 g/mol. The zero-order chi connectivity index (χ0) is 18.3. The molecule has 7 heteroatoms. The Morgan fingerprint density at radius 2 is 1.85 bits per heavy atom. The Bertz CT molecular complexity index is 1020. The second-order valence-electron chi connectivity index (χ2n) is 6.00. The Morgan fingerprint density at radius 1 is 1.04 bits per heavy atom. The van der Waals surface area contributed by atoms with Crippen LogP contribution < -0.4 is 5.23 Å². The molecule has 1 aromatic heterocycles. The average molecular weight is 348 g/mol. The van der Waals surface area contributed by atoms with Crippen molar-refractivity contribution >= 4 is 28.3 Å². The molecule has 0 radical (unpaired) electrons. The molecule has 1 aliphatic rings. The van der Waals surface area contributed by atoms with Gasteiger partial charge >= 0.3 is 0 Å². The molecule has 0 saturated carbocycles. The van der Waals surface area contributed by atoms with Crippen molar-refractivity contribution in [3.8, 4) is 0 Å². The van der Waals surface area contributed by atoms with Gasteiger partial charge in [-0.3, -0.25) is 24.7 Å². The zero-order valence-electron chi connectivity index (χ0n) is 13.6. The molecule has 2 amide bonds. The van der Waals surface area contributed by atoms with Crippen LogP contribution in [0.4, 0.5) is 5.69 Å². The maximum Gasteiger partial charge on any atom is 0.261 e. The molecule has 130 valence electrons. The van der Waals surface area contributed by atoms with E-state index in [2.05, 4.69) is 4.98 Å². The summed E-state index contributed by atoms with van der Waals surface area (Å²) in [5.74, 6) is -0.863. The fourth-order valence-corrected chi connectivity index (χ4v) is 3.23. The SMILES string of the molecule is O=C1c2cccc3cc(N([O-])O)cc(c23)C(=O)N1CCc1ccccn1. The zero-order valence-corrected chi connectivity index (χ0v) is 13.6. The van der Waals surface area contributed by atoms with Gasteiger partial charge < -0.3 is 10.4 Å². The number of rotatable bonds is 4. The lowest BCUT2D eigenvalue weighted by molar-refractivity contribution is 0.0612. The minimum atomic E-state index is -0.488. The summed E-state index contributed by atoms with van der Waals surface area (Å²) in [6.45, 7) is 0.176. The van der Waals surface area contributed by atoms with Gasteiger partial charge in [-0.25, -0.2) is 0 Å². The summed E-state index contributed by atoms with van der Waals surface area (Å²) in [5, 5.41) is 21.3. The van der Waals surface area contributed by atoms with Gasteiger partial charge in [0.15, 0.2) is 0 Å². The van der Waals surface area contributed by atoms with E-state index < -0.39 is 5.91 Å². The van der Waals surface area contributed by atoms with Gasteiger partial charge in [0, 0.05) is 35.8 Å². The van der Waals surface area contributed by atoms with Gasteiger partial charge in [0.1, 0.15) is 0 Å². The maximum atomic E-state index is 12.9. The molecule has 2 heterocycles. The van der Waals surface area contributed by atoms with E-state index in [9.17, 15) is 20.0 Å². The highest BCUT2D eigenvalue weighted by molar-refractivity contribution is 6.25. The number of carbonyl (C=O) groups excluding carboxylic acids is 2. The Balaban J connectivity index is 1.76. The molecule has 0 spiro atoms. The molecule has 1 N–H and O–H groups in total. The lowest BCUT2D eigenvalue weighted by Crippen LogP contribution is -2.41. The predicted octanol–water partition coefficient (Wildman–Crippen LogP) is 2.77. The van der Waals surface area contributed by atoms with E-state index in [4.69, 9.17) is 0 Å². The van der Waals surface area contributed by atoms with Crippen LogP contribution in [0, 0.1) is 5.21 Å². The summed E-state index contributed by atoms with van der Waals surface area (Å²) in [6, 6.07) is 13.2. The highest BCUT2D eigenvalue weighted by Gasteiger charge is 2.33. The van der Waals surface area contributed by atoms with E-state index in [1.807, 2.05) is 12.1 Å². The number of imide groups is 1. The van der Waals surface area contributed by atoms with E-state index >= 15 is 0 Å². The molecule has 1 aliphatic heterocycles. The van der Waals surface area contributed by atoms with Crippen molar-refractivity contribution in [2.75, 3.05) is 11.8 Å². The summed E-state index contributed by atoms with van der Waals surface area (Å²) in [6.07, 6.45) is 2.08. The van der Waals surface area contributed by atoms with Crippen LogP contribution >= 0.6 is 0 Å². The molecule has 0 saturated heterocycles. The Morgan fingerprint density at radius 3 is 2.58 bits per heavy atom. The minimum Gasteiger partial charge on any atom is -0.733 e. The van der Waals surface area contributed by atoms with Crippen molar-refractivity contribution in [1.82, 2.24) is 9.88 Å². The number of amides is 2. The summed E-state index contributed by atoms with van der Waals surface area (Å²) in [4.78, 5) is 31.1. The molecule has 0 atom stereocenters. The van der Waals surface area contributed by atoms with Gasteiger partial charge in [0.2, 0.25) is 0 Å². The third kappa shape index (κ3) is 2.59. The van der Waals surface area contributed by atoms with Gasteiger partial charge in [-0.05, 0) is 35.7 Å². The summed E-state index contributed by atoms with van der Waals surface area (Å²) in [7, 11) is 0. The van der Waals surface area contributed by atoms with Crippen molar-refractivity contribution in [3.05, 3.63) is 76.8 Å². The quantitative estimate of drug-likeness (QED) is 0.575. The first kappa shape index (κ1) is 16.2. The maximum absolute atomic E-state index is 12.9. The normalized spacial score (nSPS) is 13.4. The monoisotopic (exact) mass is 348 g/mol. The lowest BCUT2D eigenvalue weighted by Gasteiger charge is -2.29. The van der Waals surface area contributed by atoms with Crippen molar-refractivity contribution in [1.29, 1.82) is 0 Å². The molecule has 0 unspecified atom stereocenters. The second kappa shape index (κ2) is 6.21. The van der Waals surface area contributed by atoms with E-state index in [1.54, 1.807) is 30.5 Å². The van der Waals surface area contributed by atoms with Crippen LogP contribution in [0.25, 0.3) is 10.8 Å². The molecule has 2 aromatic carbocycles. The number of pyridine rings is 1. The third-order valence-corrected chi connectivity index (χ3v) is 4.45. The van der Waals surface area contributed by atoms with Gasteiger partial charge in [-0.1, -0.05) is 18.2 Å². The molecule has 0 fully saturated rings. The van der Waals surface area contributed by atoms with Crippen molar-refractivity contribution in [2.45, 2.75) is 6.42 Å². The highest BCUT2D eigenvalue weighted by atomic mass is 16.8. The van der Waals surface area contributed by atoms with Crippen LogP contribution in [0.5, 0.6) is 0 Å². The first-order chi connectivity index (χ1) is 12.6. The van der Waals surface area contributed by atoms with Gasteiger partial charge in [-0.15, -0.1) is 0 Å². The first-order valence-corrected chi connectivity index (χ1v) is 8.05.